The molecule has 0 radical (unpaired) electrons. The van der Waals surface area contributed by atoms with E-state index in [0.29, 0.717) is 12.1 Å². The standard InChI is InChI=1S/C14H19NO2/c1-11-10-17-12(2)7-15(11)8-13-3-5-14(9-16)6-4-13/h3-6,9,11-12H,7-8,10H2,1-2H3. The molecule has 1 saturated heterocycles. The number of benzene rings is 1. The van der Waals surface area contributed by atoms with Crippen LogP contribution in [0.4, 0.5) is 0 Å². The molecule has 3 heteroatoms. The average molecular weight is 233 g/mol. The van der Waals surface area contributed by atoms with Crippen LogP contribution < -0.4 is 0 Å². The highest BCUT2D eigenvalue weighted by atomic mass is 16.5. The van der Waals surface area contributed by atoms with Gasteiger partial charge in [0.05, 0.1) is 12.7 Å². The monoisotopic (exact) mass is 233 g/mol. The van der Waals surface area contributed by atoms with Gasteiger partial charge in [-0.3, -0.25) is 9.69 Å². The lowest BCUT2D eigenvalue weighted by molar-refractivity contribution is -0.0526. The van der Waals surface area contributed by atoms with Crippen LogP contribution in [0.5, 0.6) is 0 Å². The largest absolute Gasteiger partial charge is 0.376 e. The molecule has 2 atom stereocenters. The zero-order chi connectivity index (χ0) is 12.3. The molecule has 2 rings (SSSR count). The predicted octanol–water partition coefficient (Wildman–Crippen LogP) is 2.11. The smallest absolute Gasteiger partial charge is 0.150 e. The van der Waals surface area contributed by atoms with Crippen molar-refractivity contribution >= 4 is 6.29 Å². The minimum atomic E-state index is 0.306. The summed E-state index contributed by atoms with van der Waals surface area (Å²) in [4.78, 5) is 13.0. The number of morpholine rings is 1. The molecule has 0 N–H and O–H groups in total. The Balaban J connectivity index is 2.00. The third kappa shape index (κ3) is 3.14. The molecule has 1 aromatic carbocycles. The van der Waals surface area contributed by atoms with E-state index < -0.39 is 0 Å². The Labute approximate surface area is 102 Å². The lowest BCUT2D eigenvalue weighted by Crippen LogP contribution is -2.46. The second kappa shape index (κ2) is 5.43. The summed E-state index contributed by atoms with van der Waals surface area (Å²) >= 11 is 0. The highest BCUT2D eigenvalue weighted by molar-refractivity contribution is 5.74. The van der Waals surface area contributed by atoms with Gasteiger partial charge in [-0.25, -0.2) is 0 Å². The molecule has 1 heterocycles. The molecule has 0 amide bonds. The number of hydrogen-bond acceptors (Lipinski definition) is 3. The van der Waals surface area contributed by atoms with Crippen molar-refractivity contribution in [2.45, 2.75) is 32.5 Å². The summed E-state index contributed by atoms with van der Waals surface area (Å²) in [6.07, 6.45) is 1.18. The van der Waals surface area contributed by atoms with Crippen LogP contribution in [0.2, 0.25) is 0 Å². The average Bonchev–Trinajstić information content (AvgIpc) is 2.35. The molecule has 92 valence electrons. The van der Waals surface area contributed by atoms with Crippen LogP contribution in [0.15, 0.2) is 24.3 Å². The van der Waals surface area contributed by atoms with Gasteiger partial charge in [-0.1, -0.05) is 24.3 Å². The molecule has 0 aromatic heterocycles. The zero-order valence-corrected chi connectivity index (χ0v) is 10.4. The number of hydrogen-bond donors (Lipinski definition) is 0. The highest BCUT2D eigenvalue weighted by Gasteiger charge is 2.23. The summed E-state index contributed by atoms with van der Waals surface area (Å²) in [5.41, 5.74) is 1.98. The summed E-state index contributed by atoms with van der Waals surface area (Å²) in [5.74, 6) is 0. The van der Waals surface area contributed by atoms with E-state index in [1.807, 2.05) is 24.3 Å². The minimum absolute atomic E-state index is 0.306. The Kier molecular flexibility index (Phi) is 3.92. The van der Waals surface area contributed by atoms with E-state index in [1.165, 1.54) is 5.56 Å². The molecule has 0 spiro atoms. The van der Waals surface area contributed by atoms with Crippen molar-refractivity contribution in [3.63, 3.8) is 0 Å². The van der Waals surface area contributed by atoms with E-state index in [-0.39, 0.29) is 0 Å². The van der Waals surface area contributed by atoms with Gasteiger partial charge in [0.25, 0.3) is 0 Å². The molecule has 1 fully saturated rings. The Hall–Kier alpha value is -1.19. The second-order valence-corrected chi connectivity index (χ2v) is 4.78. The van der Waals surface area contributed by atoms with Crippen LogP contribution in [0.3, 0.4) is 0 Å². The van der Waals surface area contributed by atoms with Gasteiger partial charge in [0.15, 0.2) is 0 Å². The predicted molar refractivity (Wildman–Crippen MR) is 67.1 cm³/mol. The quantitative estimate of drug-likeness (QED) is 0.749. The molecule has 0 aliphatic carbocycles. The Morgan fingerprint density at radius 3 is 2.71 bits per heavy atom. The number of carbonyl (C=O) groups excluding carboxylic acids is 1. The molecular weight excluding hydrogens is 214 g/mol. The maximum atomic E-state index is 10.6. The Morgan fingerprint density at radius 2 is 2.06 bits per heavy atom. The lowest BCUT2D eigenvalue weighted by Gasteiger charge is -2.36. The number of ether oxygens (including phenoxy) is 1. The van der Waals surface area contributed by atoms with Gasteiger partial charge in [0.1, 0.15) is 6.29 Å². The maximum Gasteiger partial charge on any atom is 0.150 e. The molecule has 0 saturated carbocycles. The van der Waals surface area contributed by atoms with E-state index in [1.54, 1.807) is 0 Å². The van der Waals surface area contributed by atoms with E-state index in [0.717, 1.165) is 31.5 Å². The molecule has 2 unspecified atom stereocenters. The number of nitrogens with zero attached hydrogens (tertiary/aromatic N) is 1. The fourth-order valence-corrected chi connectivity index (χ4v) is 2.13. The van der Waals surface area contributed by atoms with Gasteiger partial charge < -0.3 is 4.74 Å². The SMILES string of the molecule is CC1CN(Cc2ccc(C=O)cc2)C(C)CO1. The molecule has 17 heavy (non-hydrogen) atoms. The van der Waals surface area contributed by atoms with Crippen molar-refractivity contribution < 1.29 is 9.53 Å². The zero-order valence-electron chi connectivity index (χ0n) is 10.4. The highest BCUT2D eigenvalue weighted by Crippen LogP contribution is 2.15. The van der Waals surface area contributed by atoms with E-state index in [9.17, 15) is 4.79 Å². The number of aldehydes is 1. The van der Waals surface area contributed by atoms with Crippen LogP contribution >= 0.6 is 0 Å². The van der Waals surface area contributed by atoms with Crippen molar-refractivity contribution in [1.29, 1.82) is 0 Å². The first-order valence-electron chi connectivity index (χ1n) is 6.09. The van der Waals surface area contributed by atoms with Crippen LogP contribution in [-0.4, -0.2) is 36.5 Å². The Morgan fingerprint density at radius 1 is 1.35 bits per heavy atom. The fourth-order valence-electron chi connectivity index (χ4n) is 2.13. The first-order chi connectivity index (χ1) is 8.19. The van der Waals surface area contributed by atoms with Crippen LogP contribution in [0.25, 0.3) is 0 Å². The summed E-state index contributed by atoms with van der Waals surface area (Å²) in [6.45, 7) is 6.98. The van der Waals surface area contributed by atoms with Crippen molar-refractivity contribution in [1.82, 2.24) is 4.90 Å². The molecular formula is C14H19NO2. The number of rotatable bonds is 3. The third-order valence-electron chi connectivity index (χ3n) is 3.24. The van der Waals surface area contributed by atoms with Gasteiger partial charge in [-0.05, 0) is 19.4 Å². The van der Waals surface area contributed by atoms with Gasteiger partial charge >= 0.3 is 0 Å². The van der Waals surface area contributed by atoms with Crippen molar-refractivity contribution in [2.75, 3.05) is 13.2 Å². The van der Waals surface area contributed by atoms with Gasteiger partial charge in [-0.15, -0.1) is 0 Å². The molecule has 1 aliphatic heterocycles. The molecule has 1 aliphatic rings. The van der Waals surface area contributed by atoms with Gasteiger partial charge in [0, 0.05) is 24.7 Å². The van der Waals surface area contributed by atoms with Crippen LogP contribution in [0.1, 0.15) is 29.8 Å². The van der Waals surface area contributed by atoms with Crippen LogP contribution in [0, 0.1) is 0 Å². The normalized spacial score (nSPS) is 25.8. The Bertz CT molecular complexity index is 374. The van der Waals surface area contributed by atoms with Crippen molar-refractivity contribution in [2.24, 2.45) is 0 Å². The van der Waals surface area contributed by atoms with Crippen LogP contribution in [-0.2, 0) is 11.3 Å². The summed E-state index contributed by atoms with van der Waals surface area (Å²) < 4.78 is 5.61. The summed E-state index contributed by atoms with van der Waals surface area (Å²) in [6, 6.07) is 8.25. The second-order valence-electron chi connectivity index (χ2n) is 4.78. The molecule has 1 aromatic rings. The van der Waals surface area contributed by atoms with E-state index >= 15 is 0 Å². The van der Waals surface area contributed by atoms with Crippen molar-refractivity contribution in [3.8, 4) is 0 Å². The maximum absolute atomic E-state index is 10.6. The molecule has 3 nitrogen and oxygen atoms in total. The topological polar surface area (TPSA) is 29.5 Å². The number of carbonyl (C=O) groups is 1. The van der Waals surface area contributed by atoms with E-state index in [4.69, 9.17) is 4.74 Å². The first-order valence-corrected chi connectivity index (χ1v) is 6.09. The summed E-state index contributed by atoms with van der Waals surface area (Å²) in [5, 5.41) is 0. The minimum Gasteiger partial charge on any atom is -0.376 e. The van der Waals surface area contributed by atoms with Gasteiger partial charge in [0.2, 0.25) is 0 Å². The first kappa shape index (κ1) is 12.3. The van der Waals surface area contributed by atoms with E-state index in [2.05, 4.69) is 18.7 Å². The lowest BCUT2D eigenvalue weighted by atomic mass is 10.1. The fraction of sp³-hybridized carbons (Fsp3) is 0.500. The summed E-state index contributed by atoms with van der Waals surface area (Å²) in [7, 11) is 0. The van der Waals surface area contributed by atoms with Gasteiger partial charge in [-0.2, -0.15) is 0 Å². The third-order valence-corrected chi connectivity index (χ3v) is 3.24. The van der Waals surface area contributed by atoms with Crippen molar-refractivity contribution in [3.05, 3.63) is 35.4 Å². The molecule has 0 bridgehead atoms.